The summed E-state index contributed by atoms with van der Waals surface area (Å²) in [6.45, 7) is 2.42. The number of hydrogen-bond acceptors (Lipinski definition) is 3. The maximum atomic E-state index is 11.8. The lowest BCUT2D eigenvalue weighted by Crippen LogP contribution is -2.43. The van der Waals surface area contributed by atoms with Crippen LogP contribution in [-0.4, -0.2) is 49.6 Å². The summed E-state index contributed by atoms with van der Waals surface area (Å²) in [6, 6.07) is 1.20. The zero-order valence-electron chi connectivity index (χ0n) is 13.0. The van der Waals surface area contributed by atoms with Gasteiger partial charge < -0.3 is 15.5 Å². The maximum absolute atomic E-state index is 11.8. The highest BCUT2D eigenvalue weighted by Gasteiger charge is 2.19. The Balaban J connectivity index is 1.50. The number of amides is 1. The molecule has 2 saturated carbocycles. The van der Waals surface area contributed by atoms with Gasteiger partial charge in [0.1, 0.15) is 0 Å². The topological polar surface area (TPSA) is 44.4 Å². The zero-order valence-corrected chi connectivity index (χ0v) is 13.0. The van der Waals surface area contributed by atoms with E-state index in [0.29, 0.717) is 12.6 Å². The first kappa shape index (κ1) is 15.8. The molecule has 1 amide bonds. The van der Waals surface area contributed by atoms with Crippen LogP contribution < -0.4 is 10.6 Å². The SMILES string of the molecule is CN(CCNCC(=O)NC1CCCCC1)C1CCCC1. The van der Waals surface area contributed by atoms with Crippen molar-refractivity contribution in [3.8, 4) is 0 Å². The van der Waals surface area contributed by atoms with Crippen LogP contribution in [0.25, 0.3) is 0 Å². The van der Waals surface area contributed by atoms with Crippen molar-refractivity contribution in [3.63, 3.8) is 0 Å². The highest BCUT2D eigenvalue weighted by atomic mass is 16.1. The van der Waals surface area contributed by atoms with Gasteiger partial charge in [0, 0.05) is 25.2 Å². The van der Waals surface area contributed by atoms with Gasteiger partial charge in [0.05, 0.1) is 6.54 Å². The molecular formula is C16H31N3O. The highest BCUT2D eigenvalue weighted by molar-refractivity contribution is 5.78. The lowest BCUT2D eigenvalue weighted by molar-refractivity contribution is -0.121. The Hall–Kier alpha value is -0.610. The Morgan fingerprint density at radius 3 is 2.40 bits per heavy atom. The van der Waals surface area contributed by atoms with Gasteiger partial charge in [0.2, 0.25) is 5.91 Å². The Morgan fingerprint density at radius 1 is 1.05 bits per heavy atom. The van der Waals surface area contributed by atoms with Crippen LogP contribution in [0.1, 0.15) is 57.8 Å². The molecule has 2 fully saturated rings. The van der Waals surface area contributed by atoms with Crippen LogP contribution in [0.3, 0.4) is 0 Å². The number of nitrogens with zero attached hydrogens (tertiary/aromatic N) is 1. The van der Waals surface area contributed by atoms with Gasteiger partial charge >= 0.3 is 0 Å². The molecule has 0 bridgehead atoms. The van der Waals surface area contributed by atoms with E-state index in [-0.39, 0.29) is 5.91 Å². The Morgan fingerprint density at radius 2 is 1.70 bits per heavy atom. The average Bonchev–Trinajstić information content (AvgIpc) is 2.99. The standard InChI is InChI=1S/C16H31N3O/c1-19(15-9-5-6-10-15)12-11-17-13-16(20)18-14-7-3-2-4-8-14/h14-15,17H,2-13H2,1H3,(H,18,20). The van der Waals surface area contributed by atoms with E-state index in [1.165, 1.54) is 44.9 Å². The molecule has 2 rings (SSSR count). The number of nitrogens with one attached hydrogen (secondary N) is 2. The van der Waals surface area contributed by atoms with Gasteiger partial charge in [-0.15, -0.1) is 0 Å². The van der Waals surface area contributed by atoms with Crippen molar-refractivity contribution >= 4 is 5.91 Å². The molecule has 0 aromatic heterocycles. The number of likely N-dealkylation sites (N-methyl/N-ethyl adjacent to an activating group) is 1. The van der Waals surface area contributed by atoms with E-state index in [9.17, 15) is 4.79 Å². The van der Waals surface area contributed by atoms with Crippen molar-refractivity contribution in [2.45, 2.75) is 69.9 Å². The van der Waals surface area contributed by atoms with Crippen LogP contribution in [0.2, 0.25) is 0 Å². The van der Waals surface area contributed by atoms with Gasteiger partial charge in [-0.05, 0) is 32.7 Å². The fraction of sp³-hybridized carbons (Fsp3) is 0.938. The fourth-order valence-electron chi connectivity index (χ4n) is 3.51. The monoisotopic (exact) mass is 281 g/mol. The van der Waals surface area contributed by atoms with Crippen molar-refractivity contribution in [1.29, 1.82) is 0 Å². The third kappa shape index (κ3) is 5.41. The molecule has 0 aromatic rings. The molecular weight excluding hydrogens is 250 g/mol. The second kappa shape index (κ2) is 8.63. The lowest BCUT2D eigenvalue weighted by Gasteiger charge is -2.24. The molecule has 0 aliphatic heterocycles. The molecule has 0 unspecified atom stereocenters. The molecule has 0 saturated heterocycles. The molecule has 4 nitrogen and oxygen atoms in total. The van der Waals surface area contributed by atoms with Crippen LogP contribution in [0.4, 0.5) is 0 Å². The molecule has 0 radical (unpaired) electrons. The van der Waals surface area contributed by atoms with E-state index in [4.69, 9.17) is 0 Å². The largest absolute Gasteiger partial charge is 0.352 e. The summed E-state index contributed by atoms with van der Waals surface area (Å²) in [5.74, 6) is 0.167. The van der Waals surface area contributed by atoms with E-state index in [1.54, 1.807) is 0 Å². The lowest BCUT2D eigenvalue weighted by atomic mass is 9.95. The smallest absolute Gasteiger partial charge is 0.234 e. The number of rotatable bonds is 7. The summed E-state index contributed by atoms with van der Waals surface area (Å²) in [6.07, 6.45) is 11.6. The fourth-order valence-corrected chi connectivity index (χ4v) is 3.51. The molecule has 0 atom stereocenters. The van der Waals surface area contributed by atoms with Gasteiger partial charge in [0.15, 0.2) is 0 Å². The summed E-state index contributed by atoms with van der Waals surface area (Å²) in [7, 11) is 2.21. The molecule has 116 valence electrons. The minimum atomic E-state index is 0.167. The van der Waals surface area contributed by atoms with Crippen LogP contribution in [0, 0.1) is 0 Å². The summed E-state index contributed by atoms with van der Waals surface area (Å²) in [5.41, 5.74) is 0. The van der Waals surface area contributed by atoms with Gasteiger partial charge in [-0.3, -0.25) is 4.79 Å². The molecule has 0 spiro atoms. The van der Waals surface area contributed by atoms with Crippen molar-refractivity contribution in [2.24, 2.45) is 0 Å². The van der Waals surface area contributed by atoms with E-state index in [1.807, 2.05) is 0 Å². The Kier molecular flexibility index (Phi) is 6.80. The molecule has 2 aliphatic carbocycles. The van der Waals surface area contributed by atoms with E-state index >= 15 is 0 Å². The second-order valence-corrected chi connectivity index (χ2v) is 6.50. The van der Waals surface area contributed by atoms with Gasteiger partial charge in [-0.1, -0.05) is 32.1 Å². The quantitative estimate of drug-likeness (QED) is 0.701. The van der Waals surface area contributed by atoms with Gasteiger partial charge in [-0.2, -0.15) is 0 Å². The first-order valence-electron chi connectivity index (χ1n) is 8.46. The van der Waals surface area contributed by atoms with Crippen molar-refractivity contribution in [3.05, 3.63) is 0 Å². The van der Waals surface area contributed by atoms with E-state index in [2.05, 4.69) is 22.6 Å². The summed E-state index contributed by atoms with van der Waals surface area (Å²) >= 11 is 0. The summed E-state index contributed by atoms with van der Waals surface area (Å²) in [5, 5.41) is 6.42. The molecule has 0 heterocycles. The number of carbonyl (C=O) groups is 1. The molecule has 2 N–H and O–H groups in total. The minimum Gasteiger partial charge on any atom is -0.352 e. The molecule has 20 heavy (non-hydrogen) atoms. The van der Waals surface area contributed by atoms with Gasteiger partial charge in [0.25, 0.3) is 0 Å². The van der Waals surface area contributed by atoms with Crippen LogP contribution in [-0.2, 0) is 4.79 Å². The zero-order chi connectivity index (χ0) is 14.2. The first-order valence-corrected chi connectivity index (χ1v) is 8.46. The van der Waals surface area contributed by atoms with Crippen molar-refractivity contribution in [2.75, 3.05) is 26.7 Å². The maximum Gasteiger partial charge on any atom is 0.234 e. The minimum absolute atomic E-state index is 0.167. The van der Waals surface area contributed by atoms with Crippen LogP contribution in [0.5, 0.6) is 0 Å². The molecule has 0 aromatic carbocycles. The molecule has 4 heteroatoms. The summed E-state index contributed by atoms with van der Waals surface area (Å²) < 4.78 is 0. The third-order valence-corrected chi connectivity index (χ3v) is 4.85. The predicted octanol–water partition coefficient (Wildman–Crippen LogP) is 1.90. The Labute approximate surface area is 123 Å². The predicted molar refractivity (Wildman–Crippen MR) is 82.8 cm³/mol. The van der Waals surface area contributed by atoms with Crippen LogP contribution >= 0.6 is 0 Å². The number of hydrogen-bond donors (Lipinski definition) is 2. The normalized spacial score (nSPS) is 21.5. The number of carbonyl (C=O) groups excluding carboxylic acids is 1. The summed E-state index contributed by atoms with van der Waals surface area (Å²) in [4.78, 5) is 14.3. The second-order valence-electron chi connectivity index (χ2n) is 6.50. The van der Waals surface area contributed by atoms with E-state index in [0.717, 1.165) is 32.0 Å². The highest BCUT2D eigenvalue weighted by Crippen LogP contribution is 2.21. The van der Waals surface area contributed by atoms with Crippen molar-refractivity contribution in [1.82, 2.24) is 15.5 Å². The van der Waals surface area contributed by atoms with Crippen LogP contribution in [0.15, 0.2) is 0 Å². The molecule has 2 aliphatic rings. The van der Waals surface area contributed by atoms with E-state index < -0.39 is 0 Å². The Bertz CT molecular complexity index is 283. The van der Waals surface area contributed by atoms with Crippen molar-refractivity contribution < 1.29 is 4.79 Å². The first-order chi connectivity index (χ1) is 9.75. The average molecular weight is 281 g/mol. The third-order valence-electron chi connectivity index (χ3n) is 4.85. The van der Waals surface area contributed by atoms with Gasteiger partial charge in [-0.25, -0.2) is 0 Å².